The number of halogens is 3. The van der Waals surface area contributed by atoms with E-state index in [0.717, 1.165) is 46.3 Å². The van der Waals surface area contributed by atoms with Crippen molar-refractivity contribution in [1.82, 2.24) is 10.2 Å². The van der Waals surface area contributed by atoms with E-state index >= 15 is 0 Å². The van der Waals surface area contributed by atoms with Gasteiger partial charge in [-0.1, -0.05) is 49.7 Å². The molecule has 2 aromatic carbocycles. The van der Waals surface area contributed by atoms with Crippen LogP contribution in [0.15, 0.2) is 48.5 Å². The van der Waals surface area contributed by atoms with E-state index in [1.807, 2.05) is 45.0 Å². The summed E-state index contributed by atoms with van der Waals surface area (Å²) in [5.41, 5.74) is 0.798. The molecule has 0 unspecified atom stereocenters. The standard InChI is InChI=1S/C27H36F3N3O4S/c1-5-16-31-26(35)24(6-2)32(19-21-14-12-20(3)13-15-21)25(34)11-8-17-33(38(4,36)37)23-10-7-9-22(18-23)27(28,29)30/h7,9-10,12-15,18,24H,5-6,8,11,16-17,19H2,1-4H3,(H,31,35)/t24-/m1/s1. The van der Waals surface area contributed by atoms with E-state index < -0.39 is 27.8 Å². The quantitative estimate of drug-likeness (QED) is 0.381. The van der Waals surface area contributed by atoms with E-state index in [9.17, 15) is 31.2 Å². The second-order valence-electron chi connectivity index (χ2n) is 9.21. The van der Waals surface area contributed by atoms with Gasteiger partial charge in [-0.25, -0.2) is 8.42 Å². The van der Waals surface area contributed by atoms with Crippen molar-refractivity contribution < 1.29 is 31.2 Å². The number of hydrogen-bond donors (Lipinski definition) is 1. The molecule has 0 aliphatic heterocycles. The van der Waals surface area contributed by atoms with E-state index in [1.165, 1.54) is 11.0 Å². The van der Waals surface area contributed by atoms with Gasteiger partial charge in [-0.2, -0.15) is 13.2 Å². The Kier molecular flexibility index (Phi) is 11.2. The van der Waals surface area contributed by atoms with Crippen LogP contribution in [0.2, 0.25) is 0 Å². The van der Waals surface area contributed by atoms with Crippen molar-refractivity contribution in [2.75, 3.05) is 23.7 Å². The van der Waals surface area contributed by atoms with Gasteiger partial charge in [0.25, 0.3) is 0 Å². The number of carbonyl (C=O) groups is 2. The molecule has 1 N–H and O–H groups in total. The van der Waals surface area contributed by atoms with Gasteiger partial charge in [-0.15, -0.1) is 0 Å². The zero-order valence-electron chi connectivity index (χ0n) is 22.2. The number of amides is 2. The summed E-state index contributed by atoms with van der Waals surface area (Å²) in [6.45, 7) is 6.16. The average molecular weight is 556 g/mol. The molecule has 210 valence electrons. The van der Waals surface area contributed by atoms with Crippen LogP contribution in [0.5, 0.6) is 0 Å². The monoisotopic (exact) mass is 555 g/mol. The second kappa shape index (κ2) is 13.6. The molecule has 0 aliphatic rings. The molecule has 0 aromatic heterocycles. The Morgan fingerprint density at radius 1 is 1.05 bits per heavy atom. The third-order valence-corrected chi connectivity index (χ3v) is 7.22. The Morgan fingerprint density at radius 3 is 2.26 bits per heavy atom. The first-order valence-corrected chi connectivity index (χ1v) is 14.4. The van der Waals surface area contributed by atoms with E-state index in [0.29, 0.717) is 13.0 Å². The molecule has 0 aliphatic carbocycles. The number of sulfonamides is 1. The van der Waals surface area contributed by atoms with Gasteiger partial charge in [0.2, 0.25) is 21.8 Å². The Morgan fingerprint density at radius 2 is 1.71 bits per heavy atom. The van der Waals surface area contributed by atoms with Crippen molar-refractivity contribution in [2.45, 2.75) is 65.2 Å². The number of rotatable bonds is 13. The molecule has 0 spiro atoms. The van der Waals surface area contributed by atoms with Crippen molar-refractivity contribution >= 4 is 27.5 Å². The van der Waals surface area contributed by atoms with Crippen LogP contribution in [0, 0.1) is 6.92 Å². The minimum absolute atomic E-state index is 0.0551. The fourth-order valence-electron chi connectivity index (χ4n) is 4.02. The SMILES string of the molecule is CCCNC(=O)[C@@H](CC)N(Cc1ccc(C)cc1)C(=O)CCCN(c1cccc(C(F)(F)F)c1)S(C)(=O)=O. The Bertz CT molecular complexity index is 1180. The number of benzene rings is 2. The van der Waals surface area contributed by atoms with Crippen molar-refractivity contribution in [1.29, 1.82) is 0 Å². The summed E-state index contributed by atoms with van der Waals surface area (Å²) >= 11 is 0. The van der Waals surface area contributed by atoms with Crippen LogP contribution in [-0.4, -0.2) is 50.5 Å². The maximum atomic E-state index is 13.4. The van der Waals surface area contributed by atoms with Crippen LogP contribution < -0.4 is 9.62 Å². The Labute approximate surface area is 223 Å². The first-order chi connectivity index (χ1) is 17.8. The third-order valence-electron chi connectivity index (χ3n) is 6.02. The molecule has 0 fully saturated rings. The number of alkyl halides is 3. The lowest BCUT2D eigenvalue weighted by atomic mass is 10.1. The molecular formula is C27H36F3N3O4S. The van der Waals surface area contributed by atoms with Gasteiger partial charge in [0, 0.05) is 26.1 Å². The fourth-order valence-corrected chi connectivity index (χ4v) is 4.97. The lowest BCUT2D eigenvalue weighted by Crippen LogP contribution is -2.49. The molecule has 2 aromatic rings. The molecule has 7 nitrogen and oxygen atoms in total. The number of anilines is 1. The highest BCUT2D eigenvalue weighted by Gasteiger charge is 2.32. The largest absolute Gasteiger partial charge is 0.416 e. The maximum Gasteiger partial charge on any atom is 0.416 e. The highest BCUT2D eigenvalue weighted by Crippen LogP contribution is 2.32. The van der Waals surface area contributed by atoms with Crippen LogP contribution in [0.1, 0.15) is 56.2 Å². The summed E-state index contributed by atoms with van der Waals surface area (Å²) < 4.78 is 65.2. The molecule has 0 heterocycles. The molecule has 0 bridgehead atoms. The van der Waals surface area contributed by atoms with Gasteiger partial charge in [0.1, 0.15) is 6.04 Å². The highest BCUT2D eigenvalue weighted by molar-refractivity contribution is 7.92. The van der Waals surface area contributed by atoms with Crippen molar-refractivity contribution in [3.63, 3.8) is 0 Å². The first-order valence-electron chi connectivity index (χ1n) is 12.6. The summed E-state index contributed by atoms with van der Waals surface area (Å²) in [4.78, 5) is 27.7. The third kappa shape index (κ3) is 9.04. The molecule has 0 saturated heterocycles. The molecule has 2 rings (SSSR count). The number of nitrogens with zero attached hydrogens (tertiary/aromatic N) is 2. The second-order valence-corrected chi connectivity index (χ2v) is 11.1. The number of carbonyl (C=O) groups excluding carboxylic acids is 2. The van der Waals surface area contributed by atoms with Crippen LogP contribution in [0.3, 0.4) is 0 Å². The van der Waals surface area contributed by atoms with Crippen molar-refractivity contribution in [2.24, 2.45) is 0 Å². The minimum atomic E-state index is -4.63. The summed E-state index contributed by atoms with van der Waals surface area (Å²) in [5, 5.41) is 2.83. The molecule has 2 amide bonds. The van der Waals surface area contributed by atoms with Gasteiger partial charge in [0.05, 0.1) is 17.5 Å². The molecule has 1 atom stereocenters. The van der Waals surface area contributed by atoms with E-state index in [2.05, 4.69) is 5.32 Å². The topological polar surface area (TPSA) is 86.8 Å². The van der Waals surface area contributed by atoms with Crippen LogP contribution >= 0.6 is 0 Å². The van der Waals surface area contributed by atoms with Crippen LogP contribution in [-0.2, 0) is 32.3 Å². The van der Waals surface area contributed by atoms with E-state index in [1.54, 1.807) is 0 Å². The predicted molar refractivity (Wildman–Crippen MR) is 142 cm³/mol. The average Bonchev–Trinajstić information content (AvgIpc) is 2.85. The fraction of sp³-hybridized carbons (Fsp3) is 0.481. The van der Waals surface area contributed by atoms with Gasteiger partial charge in [-0.05, 0) is 49.9 Å². The minimum Gasteiger partial charge on any atom is -0.354 e. The highest BCUT2D eigenvalue weighted by atomic mass is 32.2. The molecule has 11 heteroatoms. The molecule has 0 saturated carbocycles. The Balaban J connectivity index is 2.24. The number of aryl methyl sites for hydroxylation is 1. The number of nitrogens with one attached hydrogen (secondary N) is 1. The summed E-state index contributed by atoms with van der Waals surface area (Å²) in [7, 11) is -3.92. The zero-order chi connectivity index (χ0) is 28.5. The van der Waals surface area contributed by atoms with Gasteiger partial charge in [-0.3, -0.25) is 13.9 Å². The number of hydrogen-bond acceptors (Lipinski definition) is 4. The first kappa shape index (κ1) is 31.1. The predicted octanol–water partition coefficient (Wildman–Crippen LogP) is 4.89. The smallest absolute Gasteiger partial charge is 0.354 e. The molecular weight excluding hydrogens is 519 g/mol. The van der Waals surface area contributed by atoms with Crippen molar-refractivity contribution in [3.8, 4) is 0 Å². The van der Waals surface area contributed by atoms with Gasteiger partial charge < -0.3 is 10.2 Å². The summed E-state index contributed by atoms with van der Waals surface area (Å²) in [6.07, 6.45) is -2.63. The van der Waals surface area contributed by atoms with Crippen LogP contribution in [0.25, 0.3) is 0 Å². The molecule has 38 heavy (non-hydrogen) atoms. The zero-order valence-corrected chi connectivity index (χ0v) is 23.0. The molecule has 0 radical (unpaired) electrons. The van der Waals surface area contributed by atoms with Crippen molar-refractivity contribution in [3.05, 3.63) is 65.2 Å². The maximum absolute atomic E-state index is 13.4. The van der Waals surface area contributed by atoms with E-state index in [4.69, 9.17) is 0 Å². The van der Waals surface area contributed by atoms with Gasteiger partial charge in [0.15, 0.2) is 0 Å². The summed E-state index contributed by atoms with van der Waals surface area (Å²) in [6, 6.07) is 10.9. The van der Waals surface area contributed by atoms with Crippen LogP contribution in [0.4, 0.5) is 18.9 Å². The lowest BCUT2D eigenvalue weighted by Gasteiger charge is -2.31. The van der Waals surface area contributed by atoms with E-state index in [-0.39, 0.29) is 43.4 Å². The summed E-state index contributed by atoms with van der Waals surface area (Å²) in [5.74, 6) is -0.613. The normalized spacial score (nSPS) is 12.6. The van der Waals surface area contributed by atoms with Gasteiger partial charge >= 0.3 is 6.18 Å². The Hall–Kier alpha value is -3.08. The lowest BCUT2D eigenvalue weighted by molar-refractivity contribution is -0.141.